The Morgan fingerprint density at radius 1 is 1.03 bits per heavy atom. The van der Waals surface area contributed by atoms with Gasteiger partial charge in [-0.05, 0) is 55.0 Å². The van der Waals surface area contributed by atoms with Crippen LogP contribution in [0.5, 0.6) is 0 Å². The molecule has 1 saturated heterocycles. The number of para-hydroxylation sites is 1. The van der Waals surface area contributed by atoms with Gasteiger partial charge >= 0.3 is 0 Å². The number of hydrogen-bond donors (Lipinski definition) is 2. The Morgan fingerprint density at radius 3 is 2.53 bits per heavy atom. The van der Waals surface area contributed by atoms with Crippen molar-refractivity contribution in [3.8, 4) is 0 Å². The van der Waals surface area contributed by atoms with E-state index in [0.29, 0.717) is 31.4 Å². The van der Waals surface area contributed by atoms with Crippen LogP contribution < -0.4 is 10.6 Å². The zero-order chi connectivity index (χ0) is 20.9. The van der Waals surface area contributed by atoms with Crippen LogP contribution in [0, 0.1) is 5.92 Å². The minimum Gasteiger partial charge on any atom is -0.352 e. The second-order valence-corrected chi connectivity index (χ2v) is 8.06. The zero-order valence-electron chi connectivity index (χ0n) is 17.0. The van der Waals surface area contributed by atoms with Gasteiger partial charge in [-0.25, -0.2) is 0 Å². The summed E-state index contributed by atoms with van der Waals surface area (Å²) >= 11 is 0. The van der Waals surface area contributed by atoms with Crippen LogP contribution in [0.3, 0.4) is 0 Å². The van der Waals surface area contributed by atoms with Crippen molar-refractivity contribution in [3.63, 3.8) is 0 Å². The highest BCUT2D eigenvalue weighted by Gasteiger charge is 2.26. The highest BCUT2D eigenvalue weighted by atomic mass is 16.2. The van der Waals surface area contributed by atoms with E-state index in [1.807, 2.05) is 53.4 Å². The van der Waals surface area contributed by atoms with Crippen molar-refractivity contribution < 1.29 is 14.4 Å². The summed E-state index contributed by atoms with van der Waals surface area (Å²) < 4.78 is 0. The molecule has 0 radical (unpaired) electrons. The van der Waals surface area contributed by atoms with Gasteiger partial charge in [0.25, 0.3) is 5.91 Å². The Labute approximate surface area is 176 Å². The average Bonchev–Trinajstić information content (AvgIpc) is 3.31. The Kier molecular flexibility index (Phi) is 6.12. The largest absolute Gasteiger partial charge is 0.352 e. The summed E-state index contributed by atoms with van der Waals surface area (Å²) in [5, 5.41) is 5.83. The highest BCUT2D eigenvalue weighted by Crippen LogP contribution is 2.27. The first-order valence-electron chi connectivity index (χ1n) is 10.6. The first-order chi connectivity index (χ1) is 14.6. The smallest absolute Gasteiger partial charge is 0.253 e. The molecular weight excluding hydrogens is 378 g/mol. The molecule has 1 atom stereocenters. The molecule has 2 aromatic carbocycles. The van der Waals surface area contributed by atoms with Crippen molar-refractivity contribution in [3.05, 3.63) is 65.2 Å². The lowest BCUT2D eigenvalue weighted by Crippen LogP contribution is -2.31. The maximum atomic E-state index is 12.4. The molecule has 0 aliphatic carbocycles. The summed E-state index contributed by atoms with van der Waals surface area (Å²) in [5.41, 5.74) is 3.63. The number of nitrogens with zero attached hydrogens (tertiary/aromatic N) is 1. The topological polar surface area (TPSA) is 78.5 Å². The van der Waals surface area contributed by atoms with Crippen LogP contribution in [0.2, 0.25) is 0 Å². The molecule has 2 N–H and O–H groups in total. The molecule has 2 heterocycles. The molecule has 1 fully saturated rings. The molecule has 1 unspecified atom stereocenters. The second kappa shape index (κ2) is 9.11. The SMILES string of the molecule is O=C(CCC1Cc2ccccc2NC1=O)NCc1ccc(C(=O)N2CCCC2)cc1. The minimum atomic E-state index is -0.179. The quantitative estimate of drug-likeness (QED) is 0.775. The van der Waals surface area contributed by atoms with E-state index in [4.69, 9.17) is 0 Å². The summed E-state index contributed by atoms with van der Waals surface area (Å²) in [6.45, 7) is 2.08. The number of benzene rings is 2. The number of anilines is 1. The molecule has 6 nitrogen and oxygen atoms in total. The fourth-order valence-electron chi connectivity index (χ4n) is 4.11. The molecule has 3 amide bonds. The number of carbonyl (C=O) groups is 3. The van der Waals surface area contributed by atoms with Gasteiger partial charge < -0.3 is 15.5 Å². The maximum absolute atomic E-state index is 12.4. The Balaban J connectivity index is 1.23. The van der Waals surface area contributed by atoms with Gasteiger partial charge in [0.2, 0.25) is 11.8 Å². The van der Waals surface area contributed by atoms with Gasteiger partial charge in [-0.3, -0.25) is 14.4 Å². The first kappa shape index (κ1) is 20.1. The van der Waals surface area contributed by atoms with E-state index in [1.54, 1.807) is 0 Å². The van der Waals surface area contributed by atoms with Crippen molar-refractivity contribution in [1.82, 2.24) is 10.2 Å². The van der Waals surface area contributed by atoms with E-state index in [2.05, 4.69) is 10.6 Å². The van der Waals surface area contributed by atoms with Gasteiger partial charge in [0.05, 0.1) is 0 Å². The van der Waals surface area contributed by atoms with Gasteiger partial charge in [-0.15, -0.1) is 0 Å². The lowest BCUT2D eigenvalue weighted by molar-refractivity contribution is -0.123. The molecular formula is C24H27N3O3. The van der Waals surface area contributed by atoms with Crippen molar-refractivity contribution in [2.45, 2.75) is 38.6 Å². The molecule has 6 heteroatoms. The molecule has 0 bridgehead atoms. The summed E-state index contributed by atoms with van der Waals surface area (Å²) in [7, 11) is 0. The van der Waals surface area contributed by atoms with Crippen LogP contribution in [-0.4, -0.2) is 35.7 Å². The molecule has 2 aromatic rings. The van der Waals surface area contributed by atoms with E-state index in [-0.39, 0.29) is 23.6 Å². The Hall–Kier alpha value is -3.15. The van der Waals surface area contributed by atoms with Crippen LogP contribution in [0.1, 0.15) is 47.2 Å². The zero-order valence-corrected chi connectivity index (χ0v) is 17.0. The number of likely N-dealkylation sites (tertiary alicyclic amines) is 1. The number of nitrogens with one attached hydrogen (secondary N) is 2. The van der Waals surface area contributed by atoms with Gasteiger partial charge in [-0.2, -0.15) is 0 Å². The van der Waals surface area contributed by atoms with Crippen molar-refractivity contribution in [2.24, 2.45) is 5.92 Å². The number of rotatable bonds is 6. The van der Waals surface area contributed by atoms with Gasteiger partial charge in [0, 0.05) is 43.2 Å². The van der Waals surface area contributed by atoms with E-state index in [1.165, 1.54) is 0 Å². The van der Waals surface area contributed by atoms with Crippen LogP contribution >= 0.6 is 0 Å². The lowest BCUT2D eigenvalue weighted by Gasteiger charge is -2.24. The third-order valence-corrected chi connectivity index (χ3v) is 5.92. The highest BCUT2D eigenvalue weighted by molar-refractivity contribution is 5.96. The summed E-state index contributed by atoms with van der Waals surface area (Å²) in [6.07, 6.45) is 3.65. The van der Waals surface area contributed by atoms with Crippen LogP contribution in [0.25, 0.3) is 0 Å². The summed E-state index contributed by atoms with van der Waals surface area (Å²) in [6, 6.07) is 15.2. The fraction of sp³-hybridized carbons (Fsp3) is 0.375. The van der Waals surface area contributed by atoms with Gasteiger partial charge in [0.15, 0.2) is 0 Å². The van der Waals surface area contributed by atoms with Crippen molar-refractivity contribution >= 4 is 23.4 Å². The van der Waals surface area contributed by atoms with Crippen LogP contribution in [-0.2, 0) is 22.6 Å². The summed E-state index contributed by atoms with van der Waals surface area (Å²) in [4.78, 5) is 38.8. The van der Waals surface area contributed by atoms with Gasteiger partial charge in [0.1, 0.15) is 0 Å². The van der Waals surface area contributed by atoms with E-state index < -0.39 is 0 Å². The number of carbonyl (C=O) groups excluding carboxylic acids is 3. The second-order valence-electron chi connectivity index (χ2n) is 8.06. The van der Waals surface area contributed by atoms with Crippen LogP contribution in [0.15, 0.2) is 48.5 Å². The minimum absolute atomic E-state index is 0.0141. The van der Waals surface area contributed by atoms with E-state index >= 15 is 0 Å². The molecule has 0 spiro atoms. The van der Waals surface area contributed by atoms with Crippen LogP contribution in [0.4, 0.5) is 5.69 Å². The molecule has 0 saturated carbocycles. The molecule has 2 aliphatic rings. The molecule has 4 rings (SSSR count). The fourth-order valence-corrected chi connectivity index (χ4v) is 4.11. The van der Waals surface area contributed by atoms with E-state index in [0.717, 1.165) is 42.7 Å². The number of fused-ring (bicyclic) bond motifs is 1. The molecule has 2 aliphatic heterocycles. The third-order valence-electron chi connectivity index (χ3n) is 5.92. The normalized spacial score (nSPS) is 17.9. The predicted octanol–water partition coefficient (Wildman–Crippen LogP) is 3.13. The third kappa shape index (κ3) is 4.70. The monoisotopic (exact) mass is 405 g/mol. The summed E-state index contributed by atoms with van der Waals surface area (Å²) in [5.74, 6) is -0.185. The number of amides is 3. The first-order valence-corrected chi connectivity index (χ1v) is 10.6. The molecule has 0 aromatic heterocycles. The molecule has 156 valence electrons. The van der Waals surface area contributed by atoms with Crippen molar-refractivity contribution in [2.75, 3.05) is 18.4 Å². The lowest BCUT2D eigenvalue weighted by atomic mass is 9.89. The Morgan fingerprint density at radius 2 is 1.77 bits per heavy atom. The Bertz CT molecular complexity index is 933. The van der Waals surface area contributed by atoms with Crippen molar-refractivity contribution in [1.29, 1.82) is 0 Å². The average molecular weight is 405 g/mol. The van der Waals surface area contributed by atoms with Gasteiger partial charge in [-0.1, -0.05) is 30.3 Å². The van der Waals surface area contributed by atoms with E-state index in [9.17, 15) is 14.4 Å². The number of hydrogen-bond acceptors (Lipinski definition) is 3. The predicted molar refractivity (Wildman–Crippen MR) is 115 cm³/mol. The maximum Gasteiger partial charge on any atom is 0.253 e. The molecule has 30 heavy (non-hydrogen) atoms. The standard InChI is InChI=1S/C24H27N3O3/c28-22(12-11-20-15-19-5-1-2-6-21(19)26-23(20)29)25-16-17-7-9-18(10-8-17)24(30)27-13-3-4-14-27/h1-2,5-10,20H,3-4,11-16H2,(H,25,28)(H,26,29).